The second-order valence-corrected chi connectivity index (χ2v) is 4.32. The number of anilines is 1. The van der Waals surface area contributed by atoms with Crippen LogP contribution in [-0.2, 0) is 9.53 Å². The van der Waals surface area contributed by atoms with Crippen LogP contribution in [0.3, 0.4) is 0 Å². The van der Waals surface area contributed by atoms with Crippen molar-refractivity contribution < 1.29 is 9.53 Å². The minimum Gasteiger partial charge on any atom is -0.369 e. The molecule has 0 aliphatic rings. The molecule has 1 aromatic rings. The van der Waals surface area contributed by atoms with Crippen LogP contribution < -0.4 is 5.32 Å². The lowest BCUT2D eigenvalue weighted by Crippen LogP contribution is -2.39. The summed E-state index contributed by atoms with van der Waals surface area (Å²) >= 11 is 5.72. The Kier molecular flexibility index (Phi) is 3.88. The van der Waals surface area contributed by atoms with Gasteiger partial charge in [-0.1, -0.05) is 11.6 Å². The Labute approximate surface area is 100.0 Å². The first-order valence-electron chi connectivity index (χ1n) is 4.86. The van der Waals surface area contributed by atoms with Crippen molar-refractivity contribution >= 4 is 23.2 Å². The highest BCUT2D eigenvalue weighted by Gasteiger charge is 2.27. The van der Waals surface area contributed by atoms with Gasteiger partial charge in [0.2, 0.25) is 0 Å². The zero-order valence-electron chi connectivity index (χ0n) is 9.80. The first-order chi connectivity index (χ1) is 7.36. The van der Waals surface area contributed by atoms with Crippen LogP contribution in [0, 0.1) is 6.92 Å². The van der Waals surface area contributed by atoms with Gasteiger partial charge in [0.25, 0.3) is 5.91 Å². The number of aryl methyl sites for hydroxylation is 1. The van der Waals surface area contributed by atoms with Gasteiger partial charge in [-0.3, -0.25) is 4.79 Å². The first-order valence-corrected chi connectivity index (χ1v) is 5.24. The Morgan fingerprint density at radius 3 is 2.62 bits per heavy atom. The summed E-state index contributed by atoms with van der Waals surface area (Å²) in [6.45, 7) is 5.17. The maximum absolute atomic E-state index is 11.8. The molecule has 0 bridgehead atoms. The summed E-state index contributed by atoms with van der Waals surface area (Å²) in [6, 6.07) is 3.35. The van der Waals surface area contributed by atoms with E-state index in [1.807, 2.05) is 0 Å². The fourth-order valence-corrected chi connectivity index (χ4v) is 1.22. The summed E-state index contributed by atoms with van der Waals surface area (Å²) in [5, 5.41) is 3.15. The van der Waals surface area contributed by atoms with Crippen molar-refractivity contribution in [2.75, 3.05) is 12.4 Å². The van der Waals surface area contributed by atoms with Gasteiger partial charge in [0.05, 0.1) is 11.4 Å². The zero-order valence-corrected chi connectivity index (χ0v) is 10.6. The van der Waals surface area contributed by atoms with Crippen molar-refractivity contribution in [3.05, 3.63) is 23.0 Å². The van der Waals surface area contributed by atoms with Gasteiger partial charge in [-0.25, -0.2) is 4.98 Å². The Hall–Kier alpha value is -1.13. The lowest BCUT2D eigenvalue weighted by atomic mass is 10.1. The standard InChI is InChI=1S/C11H15ClN2O2/c1-7-8(5-6-9(12)13-7)14-10(15)11(2,3)16-4/h5-6H,1-4H3,(H,14,15). The predicted molar refractivity (Wildman–Crippen MR) is 63.7 cm³/mol. The number of amides is 1. The number of ether oxygens (including phenoxy) is 1. The Bertz CT molecular complexity index is 405. The second kappa shape index (κ2) is 4.80. The lowest BCUT2D eigenvalue weighted by molar-refractivity contribution is -0.133. The monoisotopic (exact) mass is 242 g/mol. The van der Waals surface area contributed by atoms with Crippen LogP contribution in [0.1, 0.15) is 19.5 Å². The van der Waals surface area contributed by atoms with E-state index in [1.54, 1.807) is 32.9 Å². The highest BCUT2D eigenvalue weighted by molar-refractivity contribution is 6.29. The van der Waals surface area contributed by atoms with Crippen molar-refractivity contribution in [3.8, 4) is 0 Å². The fourth-order valence-electron chi connectivity index (χ4n) is 1.03. The average molecular weight is 243 g/mol. The Morgan fingerprint density at radius 1 is 1.50 bits per heavy atom. The number of halogens is 1. The van der Waals surface area contributed by atoms with Gasteiger partial charge in [0, 0.05) is 7.11 Å². The number of carbonyl (C=O) groups excluding carboxylic acids is 1. The molecule has 0 aliphatic heterocycles. The molecule has 1 N–H and O–H groups in total. The second-order valence-electron chi connectivity index (χ2n) is 3.94. The topological polar surface area (TPSA) is 51.2 Å². The number of aromatic nitrogens is 1. The van der Waals surface area contributed by atoms with Gasteiger partial charge in [-0.05, 0) is 32.9 Å². The number of hydrogen-bond donors (Lipinski definition) is 1. The number of methoxy groups -OCH3 is 1. The third-order valence-corrected chi connectivity index (χ3v) is 2.57. The average Bonchev–Trinajstić information content (AvgIpc) is 2.22. The molecule has 0 atom stereocenters. The van der Waals surface area contributed by atoms with E-state index in [9.17, 15) is 4.79 Å². The van der Waals surface area contributed by atoms with Crippen LogP contribution in [0.2, 0.25) is 5.15 Å². The summed E-state index contributed by atoms with van der Waals surface area (Å²) in [5.41, 5.74) is 0.443. The lowest BCUT2D eigenvalue weighted by Gasteiger charge is -2.22. The van der Waals surface area contributed by atoms with Gasteiger partial charge >= 0.3 is 0 Å². The van der Waals surface area contributed by atoms with Gasteiger partial charge in [0.15, 0.2) is 0 Å². The molecule has 1 amide bonds. The van der Waals surface area contributed by atoms with Gasteiger partial charge in [0.1, 0.15) is 10.8 Å². The molecular weight excluding hydrogens is 228 g/mol. The summed E-state index contributed by atoms with van der Waals surface area (Å²) < 4.78 is 5.08. The summed E-state index contributed by atoms with van der Waals surface area (Å²) in [6.07, 6.45) is 0. The van der Waals surface area contributed by atoms with Crippen LogP contribution >= 0.6 is 11.6 Å². The van der Waals surface area contributed by atoms with Crippen molar-refractivity contribution in [1.82, 2.24) is 4.98 Å². The van der Waals surface area contributed by atoms with E-state index in [0.29, 0.717) is 16.5 Å². The zero-order chi connectivity index (χ0) is 12.3. The smallest absolute Gasteiger partial charge is 0.256 e. The fraction of sp³-hybridized carbons (Fsp3) is 0.455. The molecule has 0 saturated carbocycles. The normalized spacial score (nSPS) is 11.3. The molecular formula is C11H15ClN2O2. The molecule has 5 heteroatoms. The summed E-state index contributed by atoms with van der Waals surface area (Å²) in [4.78, 5) is 15.8. The van der Waals surface area contributed by atoms with Crippen LogP contribution in [-0.4, -0.2) is 23.6 Å². The molecule has 1 aromatic heterocycles. The van der Waals surface area contributed by atoms with E-state index in [0.717, 1.165) is 0 Å². The largest absolute Gasteiger partial charge is 0.369 e. The van der Waals surface area contributed by atoms with Crippen molar-refractivity contribution in [3.63, 3.8) is 0 Å². The number of pyridine rings is 1. The summed E-state index contributed by atoms with van der Waals surface area (Å²) in [7, 11) is 1.49. The Morgan fingerprint density at radius 2 is 2.12 bits per heavy atom. The molecule has 0 fully saturated rings. The molecule has 0 aliphatic carbocycles. The highest BCUT2D eigenvalue weighted by atomic mass is 35.5. The molecule has 0 aromatic carbocycles. The van der Waals surface area contributed by atoms with Crippen LogP contribution in [0.15, 0.2) is 12.1 Å². The minimum atomic E-state index is -0.869. The van der Waals surface area contributed by atoms with E-state index in [2.05, 4.69) is 10.3 Å². The molecule has 0 unspecified atom stereocenters. The van der Waals surface area contributed by atoms with E-state index < -0.39 is 5.60 Å². The number of hydrogen-bond acceptors (Lipinski definition) is 3. The first kappa shape index (κ1) is 12.9. The van der Waals surface area contributed by atoms with E-state index in [1.165, 1.54) is 7.11 Å². The van der Waals surface area contributed by atoms with Gasteiger partial charge in [-0.2, -0.15) is 0 Å². The van der Waals surface area contributed by atoms with Crippen molar-refractivity contribution in [2.45, 2.75) is 26.4 Å². The molecule has 0 saturated heterocycles. The van der Waals surface area contributed by atoms with Crippen LogP contribution in [0.5, 0.6) is 0 Å². The maximum atomic E-state index is 11.8. The summed E-state index contributed by atoms with van der Waals surface area (Å²) in [5.74, 6) is -0.220. The minimum absolute atomic E-state index is 0.220. The Balaban J connectivity index is 2.85. The molecule has 16 heavy (non-hydrogen) atoms. The third-order valence-electron chi connectivity index (χ3n) is 2.36. The molecule has 0 radical (unpaired) electrons. The third kappa shape index (κ3) is 2.93. The molecule has 1 heterocycles. The molecule has 0 spiro atoms. The number of nitrogens with zero attached hydrogens (tertiary/aromatic N) is 1. The predicted octanol–water partition coefficient (Wildman–Crippen LogP) is 2.41. The van der Waals surface area contributed by atoms with Gasteiger partial charge < -0.3 is 10.1 Å². The SMILES string of the molecule is COC(C)(C)C(=O)Nc1ccc(Cl)nc1C. The van der Waals surface area contributed by atoms with E-state index in [4.69, 9.17) is 16.3 Å². The number of rotatable bonds is 3. The van der Waals surface area contributed by atoms with Gasteiger partial charge in [-0.15, -0.1) is 0 Å². The van der Waals surface area contributed by atoms with Crippen molar-refractivity contribution in [1.29, 1.82) is 0 Å². The quantitative estimate of drug-likeness (QED) is 0.829. The van der Waals surface area contributed by atoms with E-state index in [-0.39, 0.29) is 5.91 Å². The molecule has 4 nitrogen and oxygen atoms in total. The number of nitrogens with one attached hydrogen (secondary N) is 1. The highest BCUT2D eigenvalue weighted by Crippen LogP contribution is 2.18. The maximum Gasteiger partial charge on any atom is 0.256 e. The van der Waals surface area contributed by atoms with E-state index >= 15 is 0 Å². The van der Waals surface area contributed by atoms with Crippen LogP contribution in [0.4, 0.5) is 5.69 Å². The molecule has 88 valence electrons. The molecule has 1 rings (SSSR count). The number of carbonyl (C=O) groups is 1. The van der Waals surface area contributed by atoms with Crippen LogP contribution in [0.25, 0.3) is 0 Å². The van der Waals surface area contributed by atoms with Crippen molar-refractivity contribution in [2.24, 2.45) is 0 Å².